The number of aromatic nitrogens is 2. The number of rotatable bonds is 12. The molecule has 1 aromatic heterocycles. The first-order valence-corrected chi connectivity index (χ1v) is 8.10. The first-order chi connectivity index (χ1) is 10.3. The van der Waals surface area contributed by atoms with Crippen LogP contribution in [-0.4, -0.2) is 17.1 Å². The fourth-order valence-electron chi connectivity index (χ4n) is 2.26. The van der Waals surface area contributed by atoms with Crippen LogP contribution < -0.4 is 4.57 Å². The van der Waals surface area contributed by atoms with Crippen molar-refractivity contribution in [2.45, 2.75) is 65.0 Å². The van der Waals surface area contributed by atoms with Gasteiger partial charge in [-0.15, -0.1) is 0 Å². The Kier molecular flexibility index (Phi) is 9.25. The summed E-state index contributed by atoms with van der Waals surface area (Å²) in [5.74, 6) is -0.347. The lowest BCUT2D eigenvalue weighted by Gasteiger charge is -2.00. The van der Waals surface area contributed by atoms with Crippen LogP contribution in [0.4, 0.5) is 0 Å². The molecule has 0 radical (unpaired) electrons. The molecule has 0 atom stereocenters. The van der Waals surface area contributed by atoms with Crippen molar-refractivity contribution >= 4 is 5.97 Å². The third-order valence-electron chi connectivity index (χ3n) is 3.49. The molecule has 4 nitrogen and oxygen atoms in total. The zero-order chi connectivity index (χ0) is 15.3. The van der Waals surface area contributed by atoms with Gasteiger partial charge in [-0.1, -0.05) is 39.2 Å². The molecule has 0 aliphatic rings. The van der Waals surface area contributed by atoms with E-state index in [1.807, 2.05) is 0 Å². The number of hydrogen-bond donors (Lipinski definition) is 0. The molecule has 4 heteroatoms. The first kappa shape index (κ1) is 17.5. The molecule has 0 amide bonds. The molecule has 118 valence electrons. The van der Waals surface area contributed by atoms with E-state index in [0.717, 1.165) is 19.5 Å². The van der Waals surface area contributed by atoms with E-state index < -0.39 is 0 Å². The van der Waals surface area contributed by atoms with Gasteiger partial charge in [0.25, 0.3) is 0 Å². The zero-order valence-electron chi connectivity index (χ0n) is 13.3. The highest BCUT2D eigenvalue weighted by atomic mass is 16.5. The van der Waals surface area contributed by atoms with Gasteiger partial charge in [-0.05, 0) is 12.8 Å². The van der Waals surface area contributed by atoms with Crippen molar-refractivity contribution in [2.75, 3.05) is 6.61 Å². The highest BCUT2D eigenvalue weighted by Crippen LogP contribution is 2.05. The maximum absolute atomic E-state index is 10.9. The van der Waals surface area contributed by atoms with Crippen molar-refractivity contribution in [3.63, 3.8) is 0 Å². The normalized spacial score (nSPS) is 10.5. The number of aryl methyl sites for hydroxylation is 2. The number of hydrogen-bond acceptors (Lipinski definition) is 2. The van der Waals surface area contributed by atoms with Gasteiger partial charge in [-0.2, -0.15) is 0 Å². The van der Waals surface area contributed by atoms with Crippen LogP contribution in [0.1, 0.15) is 51.9 Å². The number of ether oxygens (including phenoxy) is 1. The predicted molar refractivity (Wildman–Crippen MR) is 83.8 cm³/mol. The lowest BCUT2D eigenvalue weighted by atomic mass is 10.1. The van der Waals surface area contributed by atoms with Crippen molar-refractivity contribution in [1.29, 1.82) is 0 Å². The van der Waals surface area contributed by atoms with E-state index in [-0.39, 0.29) is 5.97 Å². The summed E-state index contributed by atoms with van der Waals surface area (Å²) >= 11 is 0. The van der Waals surface area contributed by atoms with Crippen LogP contribution in [0.25, 0.3) is 0 Å². The van der Waals surface area contributed by atoms with Crippen LogP contribution in [-0.2, 0) is 22.6 Å². The van der Waals surface area contributed by atoms with Crippen LogP contribution in [0.2, 0.25) is 0 Å². The topological polar surface area (TPSA) is 35.1 Å². The molecule has 0 saturated heterocycles. The van der Waals surface area contributed by atoms with Crippen LogP contribution in [0.15, 0.2) is 31.4 Å². The average Bonchev–Trinajstić information content (AvgIpc) is 2.95. The van der Waals surface area contributed by atoms with Crippen LogP contribution in [0.3, 0.4) is 0 Å². The molecule has 0 aliphatic heterocycles. The van der Waals surface area contributed by atoms with Crippen molar-refractivity contribution in [2.24, 2.45) is 0 Å². The second kappa shape index (κ2) is 11.1. The lowest BCUT2D eigenvalue weighted by Crippen LogP contribution is -2.31. The standard InChI is InChI=1S/C17H29N2O2/c1-3-5-6-7-8-9-11-18-13-14-19(16-18)12-10-15-21-17(20)4-2/h4,13-14,16H,2-3,5-12,15H2,1H3/q+1. The molecule has 0 bridgehead atoms. The van der Waals surface area contributed by atoms with Crippen molar-refractivity contribution < 1.29 is 14.1 Å². The molecule has 1 rings (SSSR count). The van der Waals surface area contributed by atoms with Crippen LogP contribution >= 0.6 is 0 Å². The maximum Gasteiger partial charge on any atom is 0.330 e. The smallest absolute Gasteiger partial charge is 0.330 e. The summed E-state index contributed by atoms with van der Waals surface area (Å²) < 4.78 is 9.32. The molecule has 1 heterocycles. The SMILES string of the molecule is C=CC(=O)OCCC[n+]1ccn(CCCCCCCC)c1. The quantitative estimate of drug-likeness (QED) is 0.257. The fourth-order valence-corrected chi connectivity index (χ4v) is 2.26. The van der Waals surface area contributed by atoms with E-state index in [1.165, 1.54) is 44.6 Å². The largest absolute Gasteiger partial charge is 0.462 e. The van der Waals surface area contributed by atoms with Crippen molar-refractivity contribution in [3.05, 3.63) is 31.4 Å². The summed E-state index contributed by atoms with van der Waals surface area (Å²) in [4.78, 5) is 10.9. The molecule has 0 spiro atoms. The minimum atomic E-state index is -0.347. The van der Waals surface area contributed by atoms with Gasteiger partial charge in [0.2, 0.25) is 6.33 Å². The maximum atomic E-state index is 10.9. The minimum Gasteiger partial charge on any atom is -0.462 e. The zero-order valence-corrected chi connectivity index (χ0v) is 13.3. The van der Waals surface area contributed by atoms with E-state index >= 15 is 0 Å². The van der Waals surface area contributed by atoms with Gasteiger partial charge in [-0.25, -0.2) is 13.9 Å². The third kappa shape index (κ3) is 8.33. The average molecular weight is 293 g/mol. The van der Waals surface area contributed by atoms with E-state index in [2.05, 4.69) is 41.4 Å². The number of nitrogens with zero attached hydrogens (tertiary/aromatic N) is 2. The molecule has 0 fully saturated rings. The monoisotopic (exact) mass is 293 g/mol. The van der Waals surface area contributed by atoms with Gasteiger partial charge in [0.05, 0.1) is 19.7 Å². The Hall–Kier alpha value is -1.58. The van der Waals surface area contributed by atoms with E-state index in [9.17, 15) is 4.79 Å². The molecule has 0 N–H and O–H groups in total. The molecule has 1 aromatic rings. The predicted octanol–water partition coefficient (Wildman–Crippen LogP) is 3.26. The van der Waals surface area contributed by atoms with Gasteiger partial charge < -0.3 is 4.74 Å². The summed E-state index contributed by atoms with van der Waals surface area (Å²) in [6, 6.07) is 0. The highest BCUT2D eigenvalue weighted by molar-refractivity contribution is 5.81. The Morgan fingerprint density at radius 3 is 2.76 bits per heavy atom. The number of unbranched alkanes of at least 4 members (excludes halogenated alkanes) is 5. The van der Waals surface area contributed by atoms with Crippen molar-refractivity contribution in [3.8, 4) is 0 Å². The summed E-state index contributed by atoms with van der Waals surface area (Å²) in [7, 11) is 0. The van der Waals surface area contributed by atoms with Crippen LogP contribution in [0.5, 0.6) is 0 Å². The van der Waals surface area contributed by atoms with E-state index in [0.29, 0.717) is 6.61 Å². The number of carbonyl (C=O) groups is 1. The lowest BCUT2D eigenvalue weighted by molar-refractivity contribution is -0.697. The Labute approximate surface area is 128 Å². The Morgan fingerprint density at radius 2 is 2.00 bits per heavy atom. The molecule has 0 unspecified atom stereocenters. The Balaban J connectivity index is 2.09. The van der Waals surface area contributed by atoms with Crippen molar-refractivity contribution in [1.82, 2.24) is 4.57 Å². The summed E-state index contributed by atoms with van der Waals surface area (Å²) in [5, 5.41) is 0. The van der Waals surface area contributed by atoms with E-state index in [1.54, 1.807) is 0 Å². The van der Waals surface area contributed by atoms with E-state index in [4.69, 9.17) is 4.74 Å². The third-order valence-corrected chi connectivity index (χ3v) is 3.49. The Morgan fingerprint density at radius 1 is 1.24 bits per heavy atom. The second-order valence-electron chi connectivity index (χ2n) is 5.38. The van der Waals surface area contributed by atoms with Crippen LogP contribution in [0, 0.1) is 0 Å². The van der Waals surface area contributed by atoms with Gasteiger partial charge in [0.15, 0.2) is 0 Å². The highest BCUT2D eigenvalue weighted by Gasteiger charge is 2.04. The van der Waals surface area contributed by atoms with Gasteiger partial charge in [-0.3, -0.25) is 0 Å². The molecular weight excluding hydrogens is 264 g/mol. The summed E-state index contributed by atoms with van der Waals surface area (Å²) in [5.41, 5.74) is 0. The fraction of sp³-hybridized carbons (Fsp3) is 0.647. The minimum absolute atomic E-state index is 0.347. The number of esters is 1. The van der Waals surface area contributed by atoms with Gasteiger partial charge in [0.1, 0.15) is 12.4 Å². The van der Waals surface area contributed by atoms with Gasteiger partial charge >= 0.3 is 5.97 Å². The molecular formula is C17H29N2O2+. The number of carbonyl (C=O) groups excluding carboxylic acids is 1. The molecule has 0 aliphatic carbocycles. The molecule has 0 saturated carbocycles. The summed E-state index contributed by atoms with van der Waals surface area (Å²) in [6.07, 6.45) is 16.3. The molecule has 0 aromatic carbocycles. The Bertz CT molecular complexity index is 413. The number of imidazole rings is 1. The van der Waals surface area contributed by atoms with Gasteiger partial charge in [0, 0.05) is 12.5 Å². The second-order valence-corrected chi connectivity index (χ2v) is 5.38. The summed E-state index contributed by atoms with van der Waals surface area (Å²) in [6.45, 7) is 8.02. The first-order valence-electron chi connectivity index (χ1n) is 8.10. The molecule has 21 heavy (non-hydrogen) atoms.